The molecule has 0 heterocycles. The van der Waals surface area contributed by atoms with Crippen molar-refractivity contribution in [2.45, 2.75) is 49.5 Å². The first-order chi connectivity index (χ1) is 9.15. The SMILES string of the molecule is CC1CCC(SC(Cc2ccccc2)C(=O)O)CC1. The molecule has 0 saturated heterocycles. The zero-order valence-electron chi connectivity index (χ0n) is 11.4. The number of aliphatic carboxylic acids is 1. The highest BCUT2D eigenvalue weighted by Crippen LogP contribution is 2.34. The smallest absolute Gasteiger partial charge is 0.316 e. The van der Waals surface area contributed by atoms with E-state index in [0.29, 0.717) is 11.7 Å². The number of hydrogen-bond acceptors (Lipinski definition) is 2. The molecule has 2 nitrogen and oxygen atoms in total. The second kappa shape index (κ2) is 6.99. The summed E-state index contributed by atoms with van der Waals surface area (Å²) in [5.41, 5.74) is 1.12. The highest BCUT2D eigenvalue weighted by Gasteiger charge is 2.26. The summed E-state index contributed by atoms with van der Waals surface area (Å²) in [6, 6.07) is 9.94. The zero-order chi connectivity index (χ0) is 13.7. The van der Waals surface area contributed by atoms with Crippen LogP contribution in [0.3, 0.4) is 0 Å². The van der Waals surface area contributed by atoms with Crippen LogP contribution < -0.4 is 0 Å². The van der Waals surface area contributed by atoms with Crippen LogP contribution in [0.1, 0.15) is 38.2 Å². The molecule has 0 aliphatic heterocycles. The highest BCUT2D eigenvalue weighted by molar-refractivity contribution is 8.01. The van der Waals surface area contributed by atoms with Gasteiger partial charge >= 0.3 is 5.97 Å². The van der Waals surface area contributed by atoms with E-state index in [1.165, 1.54) is 25.7 Å². The van der Waals surface area contributed by atoms with Gasteiger partial charge in [0.2, 0.25) is 0 Å². The number of carbonyl (C=O) groups is 1. The fraction of sp³-hybridized carbons (Fsp3) is 0.562. The number of hydrogen-bond donors (Lipinski definition) is 1. The molecule has 0 bridgehead atoms. The predicted molar refractivity (Wildman–Crippen MR) is 80.6 cm³/mol. The summed E-state index contributed by atoms with van der Waals surface area (Å²) in [7, 11) is 0. The number of carboxylic acid groups (broad SMARTS) is 1. The minimum atomic E-state index is -0.674. The molecular formula is C16H22O2S. The lowest BCUT2D eigenvalue weighted by Gasteiger charge is -2.27. The van der Waals surface area contributed by atoms with E-state index in [2.05, 4.69) is 6.92 Å². The van der Waals surface area contributed by atoms with E-state index < -0.39 is 5.97 Å². The Morgan fingerprint density at radius 3 is 2.47 bits per heavy atom. The number of benzene rings is 1. The summed E-state index contributed by atoms with van der Waals surface area (Å²) in [5, 5.41) is 9.62. The largest absolute Gasteiger partial charge is 0.480 e. The number of rotatable bonds is 5. The molecule has 1 aromatic carbocycles. The summed E-state index contributed by atoms with van der Waals surface area (Å²) in [6.07, 6.45) is 5.46. The molecule has 1 atom stereocenters. The van der Waals surface area contributed by atoms with Crippen LogP contribution in [-0.2, 0) is 11.2 Å². The van der Waals surface area contributed by atoms with Crippen LogP contribution in [-0.4, -0.2) is 21.6 Å². The van der Waals surface area contributed by atoms with Gasteiger partial charge in [0.1, 0.15) is 5.25 Å². The molecule has 1 aliphatic carbocycles. The molecule has 1 aliphatic rings. The summed E-state index contributed by atoms with van der Waals surface area (Å²) >= 11 is 1.67. The molecule has 104 valence electrons. The highest BCUT2D eigenvalue weighted by atomic mass is 32.2. The lowest BCUT2D eigenvalue weighted by molar-refractivity contribution is -0.136. The van der Waals surface area contributed by atoms with Crippen LogP contribution in [0.2, 0.25) is 0 Å². The maximum atomic E-state index is 11.4. The Labute approximate surface area is 119 Å². The molecule has 0 radical (unpaired) electrons. The topological polar surface area (TPSA) is 37.3 Å². The van der Waals surface area contributed by atoms with Crippen LogP contribution in [0.5, 0.6) is 0 Å². The Balaban J connectivity index is 1.91. The second-order valence-corrected chi connectivity index (χ2v) is 7.04. The Bertz CT molecular complexity index is 396. The van der Waals surface area contributed by atoms with E-state index in [4.69, 9.17) is 0 Å². The van der Waals surface area contributed by atoms with Crippen LogP contribution in [0, 0.1) is 5.92 Å². The van der Waals surface area contributed by atoms with Crippen molar-refractivity contribution in [3.63, 3.8) is 0 Å². The molecule has 2 rings (SSSR count). The summed E-state index contributed by atoms with van der Waals surface area (Å²) in [5.74, 6) is 0.140. The van der Waals surface area contributed by atoms with Gasteiger partial charge in [-0.15, -0.1) is 11.8 Å². The molecule has 1 N–H and O–H groups in total. The molecule has 19 heavy (non-hydrogen) atoms. The van der Waals surface area contributed by atoms with Crippen molar-refractivity contribution in [3.05, 3.63) is 35.9 Å². The van der Waals surface area contributed by atoms with Gasteiger partial charge in [-0.1, -0.05) is 37.3 Å². The van der Waals surface area contributed by atoms with E-state index in [1.54, 1.807) is 11.8 Å². The van der Waals surface area contributed by atoms with Gasteiger partial charge in [0, 0.05) is 5.25 Å². The predicted octanol–water partition coefficient (Wildman–Crippen LogP) is 3.99. The van der Waals surface area contributed by atoms with Crippen LogP contribution in [0.15, 0.2) is 30.3 Å². The Morgan fingerprint density at radius 2 is 1.89 bits per heavy atom. The minimum Gasteiger partial charge on any atom is -0.480 e. The molecule has 1 unspecified atom stereocenters. The van der Waals surface area contributed by atoms with Gasteiger partial charge in [0.05, 0.1) is 0 Å². The van der Waals surface area contributed by atoms with E-state index in [-0.39, 0.29) is 5.25 Å². The molecule has 0 spiro atoms. The molecule has 0 aromatic heterocycles. The van der Waals surface area contributed by atoms with Crippen LogP contribution in [0.25, 0.3) is 0 Å². The van der Waals surface area contributed by atoms with Crippen molar-refractivity contribution in [1.29, 1.82) is 0 Å². The zero-order valence-corrected chi connectivity index (χ0v) is 12.2. The standard InChI is InChI=1S/C16H22O2S/c1-12-7-9-14(10-8-12)19-15(16(17)18)11-13-5-3-2-4-6-13/h2-6,12,14-15H,7-11H2,1H3,(H,17,18). The van der Waals surface area contributed by atoms with Crippen molar-refractivity contribution >= 4 is 17.7 Å². The van der Waals surface area contributed by atoms with Crippen molar-refractivity contribution in [2.24, 2.45) is 5.92 Å². The minimum absolute atomic E-state index is 0.305. The number of carboxylic acids is 1. The fourth-order valence-electron chi connectivity index (χ4n) is 2.62. The summed E-state index contributed by atoms with van der Waals surface area (Å²) in [6.45, 7) is 2.29. The van der Waals surface area contributed by atoms with Gasteiger partial charge in [-0.25, -0.2) is 0 Å². The molecule has 0 amide bonds. The summed E-state index contributed by atoms with van der Waals surface area (Å²) in [4.78, 5) is 11.4. The lowest BCUT2D eigenvalue weighted by Crippen LogP contribution is -2.25. The maximum absolute atomic E-state index is 11.4. The van der Waals surface area contributed by atoms with E-state index >= 15 is 0 Å². The first kappa shape index (κ1) is 14.4. The molecule has 1 fully saturated rings. The average Bonchev–Trinajstić information content (AvgIpc) is 2.41. The van der Waals surface area contributed by atoms with Crippen LogP contribution >= 0.6 is 11.8 Å². The first-order valence-corrected chi connectivity index (χ1v) is 8.01. The van der Waals surface area contributed by atoms with E-state index in [1.807, 2.05) is 30.3 Å². The normalized spacial score (nSPS) is 24.9. The van der Waals surface area contributed by atoms with Gasteiger partial charge in [-0.05, 0) is 43.6 Å². The second-order valence-electron chi connectivity index (χ2n) is 5.53. The molecular weight excluding hydrogens is 256 g/mol. The maximum Gasteiger partial charge on any atom is 0.316 e. The number of thioether (sulfide) groups is 1. The third kappa shape index (κ3) is 4.57. The van der Waals surface area contributed by atoms with Crippen molar-refractivity contribution in [1.82, 2.24) is 0 Å². The van der Waals surface area contributed by atoms with Crippen LogP contribution in [0.4, 0.5) is 0 Å². The average molecular weight is 278 g/mol. The fourth-order valence-corrected chi connectivity index (χ4v) is 4.03. The monoisotopic (exact) mass is 278 g/mol. The quantitative estimate of drug-likeness (QED) is 0.884. The van der Waals surface area contributed by atoms with Crippen molar-refractivity contribution in [2.75, 3.05) is 0 Å². The van der Waals surface area contributed by atoms with Gasteiger partial charge < -0.3 is 5.11 Å². The van der Waals surface area contributed by atoms with E-state index in [0.717, 1.165) is 11.5 Å². The Kier molecular flexibility index (Phi) is 5.32. The lowest BCUT2D eigenvalue weighted by atomic mass is 9.91. The summed E-state index contributed by atoms with van der Waals surface area (Å²) < 4.78 is 0. The molecule has 1 aromatic rings. The van der Waals surface area contributed by atoms with Gasteiger partial charge in [0.25, 0.3) is 0 Å². The first-order valence-electron chi connectivity index (χ1n) is 7.07. The van der Waals surface area contributed by atoms with Gasteiger partial charge in [-0.2, -0.15) is 0 Å². The third-order valence-electron chi connectivity index (χ3n) is 3.86. The van der Waals surface area contributed by atoms with Gasteiger partial charge in [0.15, 0.2) is 0 Å². The van der Waals surface area contributed by atoms with Gasteiger partial charge in [-0.3, -0.25) is 4.79 Å². The Morgan fingerprint density at radius 1 is 1.26 bits per heavy atom. The van der Waals surface area contributed by atoms with Crippen molar-refractivity contribution < 1.29 is 9.90 Å². The van der Waals surface area contributed by atoms with E-state index in [9.17, 15) is 9.90 Å². The van der Waals surface area contributed by atoms with Crippen molar-refractivity contribution in [3.8, 4) is 0 Å². The Hall–Kier alpha value is -0.960. The third-order valence-corrected chi connectivity index (χ3v) is 5.41. The molecule has 3 heteroatoms. The molecule has 1 saturated carbocycles.